The zero-order valence-corrected chi connectivity index (χ0v) is 21.5. The topological polar surface area (TPSA) is 116 Å². The lowest BCUT2D eigenvalue weighted by molar-refractivity contribution is -0.149. The lowest BCUT2D eigenvalue weighted by atomic mass is 10.0. The zero-order chi connectivity index (χ0) is 26.9. The molecule has 1 aliphatic rings. The summed E-state index contributed by atoms with van der Waals surface area (Å²) >= 11 is 0. The van der Waals surface area contributed by atoms with Crippen LogP contribution in [-0.4, -0.2) is 63.5 Å². The Balaban J connectivity index is 1.70. The molecule has 2 N–H and O–H groups in total. The lowest BCUT2D eigenvalue weighted by Crippen LogP contribution is -2.54. The molecule has 3 amide bonds. The number of carboxylic acids is 1. The third-order valence-electron chi connectivity index (χ3n) is 6.28. The summed E-state index contributed by atoms with van der Waals surface area (Å²) in [5.41, 5.74) is 1.67. The zero-order valence-electron chi connectivity index (χ0n) is 21.5. The summed E-state index contributed by atoms with van der Waals surface area (Å²) in [5, 5.41) is 12.7. The van der Waals surface area contributed by atoms with E-state index in [4.69, 9.17) is 4.74 Å². The van der Waals surface area contributed by atoms with Crippen molar-refractivity contribution in [3.05, 3.63) is 71.8 Å². The quantitative estimate of drug-likeness (QED) is 0.421. The molecule has 2 aromatic carbocycles. The van der Waals surface area contributed by atoms with Crippen molar-refractivity contribution in [3.8, 4) is 0 Å². The van der Waals surface area contributed by atoms with Gasteiger partial charge in [-0.3, -0.25) is 14.9 Å². The average Bonchev–Trinajstić information content (AvgIpc) is 3.21. The summed E-state index contributed by atoms with van der Waals surface area (Å²) in [7, 11) is 0. The molecule has 0 aliphatic carbocycles. The van der Waals surface area contributed by atoms with Crippen LogP contribution in [0.3, 0.4) is 0 Å². The summed E-state index contributed by atoms with van der Waals surface area (Å²) in [6.07, 6.45) is 1.14. The predicted octanol–water partition coefficient (Wildman–Crippen LogP) is 3.43. The first-order chi connectivity index (χ1) is 17.7. The summed E-state index contributed by atoms with van der Waals surface area (Å²) in [5.74, 6) is -2.14. The molecule has 1 heterocycles. The molecule has 0 aromatic heterocycles. The number of esters is 1. The number of carbonyl (C=O) groups is 4. The van der Waals surface area contributed by atoms with Gasteiger partial charge in [0, 0.05) is 6.54 Å². The van der Waals surface area contributed by atoms with E-state index in [0.717, 1.165) is 16.0 Å². The Bertz CT molecular complexity index is 1080. The third-order valence-corrected chi connectivity index (χ3v) is 6.28. The number of hydrogen-bond donors (Lipinski definition) is 2. The van der Waals surface area contributed by atoms with Gasteiger partial charge in [-0.05, 0) is 36.8 Å². The van der Waals surface area contributed by atoms with Crippen LogP contribution in [0.25, 0.3) is 0 Å². The van der Waals surface area contributed by atoms with E-state index in [-0.39, 0.29) is 19.7 Å². The molecule has 3 unspecified atom stereocenters. The second-order valence-corrected chi connectivity index (χ2v) is 9.72. The first-order valence-electron chi connectivity index (χ1n) is 12.5. The molecular weight excluding hydrogens is 474 g/mol. The van der Waals surface area contributed by atoms with Gasteiger partial charge in [-0.25, -0.2) is 14.5 Å². The average molecular weight is 510 g/mol. The molecule has 1 saturated heterocycles. The van der Waals surface area contributed by atoms with E-state index >= 15 is 0 Å². The minimum atomic E-state index is -1.31. The van der Waals surface area contributed by atoms with Crippen molar-refractivity contribution in [3.63, 3.8) is 0 Å². The molecule has 9 heteroatoms. The van der Waals surface area contributed by atoms with E-state index in [1.807, 2.05) is 74.5 Å². The van der Waals surface area contributed by atoms with E-state index in [0.29, 0.717) is 18.8 Å². The van der Waals surface area contributed by atoms with Crippen LogP contribution in [0.1, 0.15) is 44.7 Å². The molecule has 0 bridgehead atoms. The number of nitrogens with one attached hydrogen (secondary N) is 1. The highest BCUT2D eigenvalue weighted by molar-refractivity contribution is 6.02. The Morgan fingerprint density at radius 2 is 1.57 bits per heavy atom. The number of urea groups is 1. The van der Waals surface area contributed by atoms with Crippen molar-refractivity contribution in [2.24, 2.45) is 5.92 Å². The van der Waals surface area contributed by atoms with Gasteiger partial charge in [-0.15, -0.1) is 0 Å². The number of carboxylic acid groups (broad SMARTS) is 1. The second-order valence-electron chi connectivity index (χ2n) is 9.72. The van der Waals surface area contributed by atoms with E-state index in [2.05, 4.69) is 5.32 Å². The van der Waals surface area contributed by atoms with E-state index in [9.17, 15) is 24.3 Å². The maximum Gasteiger partial charge on any atom is 0.328 e. The van der Waals surface area contributed by atoms with E-state index in [1.165, 1.54) is 11.8 Å². The Labute approximate surface area is 217 Å². The van der Waals surface area contributed by atoms with Crippen LogP contribution in [-0.2, 0) is 32.3 Å². The Kier molecular flexibility index (Phi) is 9.79. The fraction of sp³-hybridized carbons (Fsp3) is 0.429. The standard InChI is InChI=1S/C28H35N3O6/c1-19(2)14-15-23(27(35)37-18-22-12-8-5-9-13-22)29-20(3)25(32)31-24(26(33)34)17-30(28(31)36)16-21-10-6-4-7-11-21/h4-13,19-20,23-24,29H,14-18H2,1-3H3,(H,33,34). The number of rotatable bonds is 12. The highest BCUT2D eigenvalue weighted by Crippen LogP contribution is 2.21. The van der Waals surface area contributed by atoms with E-state index < -0.39 is 42.0 Å². The van der Waals surface area contributed by atoms with Gasteiger partial charge in [0.25, 0.3) is 0 Å². The number of ether oxygens (including phenoxy) is 1. The smallest absolute Gasteiger partial charge is 0.328 e. The van der Waals surface area contributed by atoms with Gasteiger partial charge in [-0.1, -0.05) is 74.5 Å². The van der Waals surface area contributed by atoms with Crippen molar-refractivity contribution in [2.75, 3.05) is 6.54 Å². The number of amides is 3. The monoisotopic (exact) mass is 509 g/mol. The SMILES string of the molecule is CC(C)CCC(NC(C)C(=O)N1C(=O)N(Cc2ccccc2)CC1C(=O)O)C(=O)OCc1ccccc1. The molecule has 3 rings (SSSR count). The van der Waals surface area contributed by atoms with Crippen LogP contribution in [0, 0.1) is 5.92 Å². The normalized spacial score (nSPS) is 17.1. The second kappa shape index (κ2) is 13.0. The fourth-order valence-corrected chi connectivity index (χ4v) is 4.21. The van der Waals surface area contributed by atoms with Gasteiger partial charge >= 0.3 is 18.0 Å². The largest absolute Gasteiger partial charge is 0.480 e. The molecule has 2 aromatic rings. The van der Waals surface area contributed by atoms with Crippen LogP contribution >= 0.6 is 0 Å². The number of benzene rings is 2. The van der Waals surface area contributed by atoms with Crippen molar-refractivity contribution in [1.82, 2.24) is 15.1 Å². The number of carbonyl (C=O) groups excluding carboxylic acids is 3. The number of imide groups is 1. The van der Waals surface area contributed by atoms with Gasteiger partial charge < -0.3 is 14.7 Å². The molecular formula is C28H35N3O6. The Hall–Kier alpha value is -3.72. The fourth-order valence-electron chi connectivity index (χ4n) is 4.21. The molecule has 1 aliphatic heterocycles. The van der Waals surface area contributed by atoms with Crippen LogP contribution < -0.4 is 5.32 Å². The summed E-state index contributed by atoms with van der Waals surface area (Å²) in [4.78, 5) is 53.5. The summed E-state index contributed by atoms with van der Waals surface area (Å²) < 4.78 is 5.50. The van der Waals surface area contributed by atoms with Gasteiger partial charge in [0.05, 0.1) is 12.6 Å². The minimum absolute atomic E-state index is 0.0992. The van der Waals surface area contributed by atoms with Gasteiger partial charge in [-0.2, -0.15) is 0 Å². The van der Waals surface area contributed by atoms with Crippen LogP contribution in [0.4, 0.5) is 4.79 Å². The molecule has 1 fully saturated rings. The number of aliphatic carboxylic acids is 1. The Morgan fingerprint density at radius 1 is 0.973 bits per heavy atom. The van der Waals surface area contributed by atoms with E-state index in [1.54, 1.807) is 0 Å². The molecule has 198 valence electrons. The molecule has 37 heavy (non-hydrogen) atoms. The first-order valence-corrected chi connectivity index (χ1v) is 12.5. The minimum Gasteiger partial charge on any atom is -0.480 e. The van der Waals surface area contributed by atoms with Crippen molar-refractivity contribution >= 4 is 23.9 Å². The molecule has 3 atom stereocenters. The van der Waals surface area contributed by atoms with Gasteiger partial charge in [0.15, 0.2) is 6.04 Å². The highest BCUT2D eigenvalue weighted by atomic mass is 16.5. The first kappa shape index (κ1) is 27.9. The van der Waals surface area contributed by atoms with Gasteiger partial charge in [0.2, 0.25) is 5.91 Å². The molecule has 0 saturated carbocycles. The highest BCUT2D eigenvalue weighted by Gasteiger charge is 2.46. The predicted molar refractivity (Wildman–Crippen MR) is 137 cm³/mol. The molecule has 0 spiro atoms. The molecule has 0 radical (unpaired) electrons. The lowest BCUT2D eigenvalue weighted by Gasteiger charge is -2.26. The number of nitrogens with zero attached hydrogens (tertiary/aromatic N) is 2. The van der Waals surface area contributed by atoms with Crippen molar-refractivity contribution < 1.29 is 29.0 Å². The van der Waals surface area contributed by atoms with Gasteiger partial charge in [0.1, 0.15) is 12.6 Å². The maximum absolute atomic E-state index is 13.3. The number of hydrogen-bond acceptors (Lipinski definition) is 6. The molecule has 9 nitrogen and oxygen atoms in total. The summed E-state index contributed by atoms with van der Waals surface area (Å²) in [6, 6.07) is 14.7. The third kappa shape index (κ3) is 7.63. The van der Waals surface area contributed by atoms with Crippen molar-refractivity contribution in [2.45, 2.75) is 64.9 Å². The van der Waals surface area contributed by atoms with Crippen LogP contribution in [0.2, 0.25) is 0 Å². The Morgan fingerprint density at radius 3 is 2.14 bits per heavy atom. The van der Waals surface area contributed by atoms with Crippen molar-refractivity contribution in [1.29, 1.82) is 0 Å². The maximum atomic E-state index is 13.3. The van der Waals surface area contributed by atoms with Crippen LogP contribution in [0.5, 0.6) is 0 Å². The van der Waals surface area contributed by atoms with Crippen LogP contribution in [0.15, 0.2) is 60.7 Å². The summed E-state index contributed by atoms with van der Waals surface area (Å²) in [6.45, 7) is 5.77.